The fraction of sp³-hybridized carbons (Fsp3) is 0.429. The maximum Gasteiger partial charge on any atom is 0.293 e. The number of hydrazone groups is 1. The van der Waals surface area contributed by atoms with Crippen LogP contribution in [-0.2, 0) is 6.54 Å². The minimum absolute atomic E-state index is 0.0637. The number of amides is 1. The molecule has 1 aliphatic heterocycles. The number of hydrogen-bond acceptors (Lipinski definition) is 10. The third-order valence-electron chi connectivity index (χ3n) is 5.76. The van der Waals surface area contributed by atoms with Gasteiger partial charge in [-0.3, -0.25) is 9.69 Å². The van der Waals surface area contributed by atoms with Crippen molar-refractivity contribution in [1.82, 2.24) is 35.6 Å². The average Bonchev–Trinajstić information content (AvgIpc) is 3.44. The maximum atomic E-state index is 13.0. The Morgan fingerprint density at radius 2 is 2.00 bits per heavy atom. The molecule has 0 bridgehead atoms. The average molecular weight is 454 g/mol. The Labute approximate surface area is 190 Å². The molecule has 12 nitrogen and oxygen atoms in total. The Hall–Kier alpha value is -3.80. The Morgan fingerprint density at radius 1 is 1.27 bits per heavy atom. The molecule has 1 amide bonds. The predicted octanol–water partition coefficient (Wildman–Crippen LogP) is 1.63. The van der Waals surface area contributed by atoms with Crippen LogP contribution in [0.15, 0.2) is 34.0 Å². The Kier molecular flexibility index (Phi) is 6.63. The van der Waals surface area contributed by atoms with Gasteiger partial charge in [0.2, 0.25) is 11.6 Å². The maximum absolute atomic E-state index is 13.0. The lowest BCUT2D eigenvalue weighted by Gasteiger charge is -2.30. The molecule has 0 aliphatic carbocycles. The number of hydrogen-bond donors (Lipinski definition) is 2. The van der Waals surface area contributed by atoms with E-state index >= 15 is 0 Å². The number of likely N-dealkylation sites (tertiary alicyclic amines) is 1. The van der Waals surface area contributed by atoms with E-state index in [1.807, 2.05) is 24.3 Å². The number of piperidine rings is 1. The van der Waals surface area contributed by atoms with E-state index in [4.69, 9.17) is 15.1 Å². The lowest BCUT2D eigenvalue weighted by atomic mass is 9.99. The highest BCUT2D eigenvalue weighted by molar-refractivity contribution is 6.00. The molecule has 1 saturated heterocycles. The summed E-state index contributed by atoms with van der Waals surface area (Å²) in [5.74, 6) is 1.20. The summed E-state index contributed by atoms with van der Waals surface area (Å²) in [6.07, 6.45) is 2.17. The van der Waals surface area contributed by atoms with Gasteiger partial charge >= 0.3 is 0 Å². The van der Waals surface area contributed by atoms with Gasteiger partial charge in [0.05, 0.1) is 18.5 Å². The number of methoxy groups -OCH3 is 1. The molecule has 1 fully saturated rings. The standard InChI is InChI=1S/C21H27N9O3/c1-13-8-10-29(11-9-13)12-17-18(24-28-30(17)20-19(22)26-33-27-20)21(31)25-23-14(2)15-4-6-16(32-3)7-5-15/h4-7,13H,8-12H2,1-3H3,(H2,22,26)(H,25,31)/b23-14+. The second-order valence-electron chi connectivity index (χ2n) is 8.09. The van der Waals surface area contributed by atoms with Crippen molar-refractivity contribution < 1.29 is 14.2 Å². The first-order chi connectivity index (χ1) is 16.0. The number of nitrogens with zero attached hydrogens (tertiary/aromatic N) is 7. The van der Waals surface area contributed by atoms with Gasteiger partial charge in [-0.05, 0) is 78.9 Å². The van der Waals surface area contributed by atoms with Crippen LogP contribution in [0.5, 0.6) is 5.75 Å². The molecule has 174 valence electrons. The molecule has 12 heteroatoms. The van der Waals surface area contributed by atoms with E-state index < -0.39 is 5.91 Å². The van der Waals surface area contributed by atoms with E-state index in [2.05, 4.69) is 43.0 Å². The van der Waals surface area contributed by atoms with Gasteiger partial charge in [0.1, 0.15) is 5.75 Å². The van der Waals surface area contributed by atoms with Crippen molar-refractivity contribution in [3.8, 4) is 11.6 Å². The van der Waals surface area contributed by atoms with Gasteiger partial charge in [-0.25, -0.2) is 10.1 Å². The fourth-order valence-electron chi connectivity index (χ4n) is 3.64. The molecule has 0 radical (unpaired) electrons. The smallest absolute Gasteiger partial charge is 0.293 e. The number of nitrogens with one attached hydrogen (secondary N) is 1. The monoisotopic (exact) mass is 453 g/mol. The molecule has 0 spiro atoms. The van der Waals surface area contributed by atoms with Gasteiger partial charge in [0.15, 0.2) is 5.69 Å². The number of aromatic nitrogens is 5. The van der Waals surface area contributed by atoms with Crippen molar-refractivity contribution in [2.75, 3.05) is 25.9 Å². The van der Waals surface area contributed by atoms with Gasteiger partial charge in [0, 0.05) is 6.54 Å². The molecule has 0 atom stereocenters. The lowest BCUT2D eigenvalue weighted by Crippen LogP contribution is -2.34. The molecule has 3 aromatic rings. The number of nitrogen functional groups attached to an aromatic ring is 1. The highest BCUT2D eigenvalue weighted by Crippen LogP contribution is 2.22. The second-order valence-corrected chi connectivity index (χ2v) is 8.09. The van der Waals surface area contributed by atoms with Gasteiger partial charge in [0.25, 0.3) is 5.91 Å². The third kappa shape index (κ3) is 5.00. The summed E-state index contributed by atoms with van der Waals surface area (Å²) < 4.78 is 11.3. The number of carbonyl (C=O) groups excluding carboxylic acids is 1. The van der Waals surface area contributed by atoms with E-state index in [0.717, 1.165) is 37.2 Å². The van der Waals surface area contributed by atoms with Crippen molar-refractivity contribution in [2.24, 2.45) is 11.0 Å². The summed E-state index contributed by atoms with van der Waals surface area (Å²) in [5, 5.41) is 19.8. The second kappa shape index (κ2) is 9.77. The summed E-state index contributed by atoms with van der Waals surface area (Å²) >= 11 is 0. The summed E-state index contributed by atoms with van der Waals surface area (Å²) in [5.41, 5.74) is 10.6. The minimum atomic E-state index is -0.482. The molecule has 2 aromatic heterocycles. The summed E-state index contributed by atoms with van der Waals surface area (Å²) in [7, 11) is 1.61. The molecule has 1 aliphatic rings. The van der Waals surface area contributed by atoms with Crippen LogP contribution in [0.2, 0.25) is 0 Å². The summed E-state index contributed by atoms with van der Waals surface area (Å²) in [4.78, 5) is 15.3. The first kappa shape index (κ1) is 22.4. The number of ether oxygens (including phenoxy) is 1. The van der Waals surface area contributed by atoms with Crippen LogP contribution in [-0.4, -0.2) is 62.0 Å². The lowest BCUT2D eigenvalue weighted by molar-refractivity contribution is 0.0946. The van der Waals surface area contributed by atoms with E-state index in [1.54, 1.807) is 14.0 Å². The van der Waals surface area contributed by atoms with Crippen LogP contribution >= 0.6 is 0 Å². The molecule has 0 unspecified atom stereocenters. The topological polar surface area (TPSA) is 150 Å². The Bertz CT molecular complexity index is 1130. The molecule has 3 heterocycles. The minimum Gasteiger partial charge on any atom is -0.497 e. The van der Waals surface area contributed by atoms with Crippen LogP contribution in [0.4, 0.5) is 5.82 Å². The van der Waals surface area contributed by atoms with Crippen molar-refractivity contribution in [3.63, 3.8) is 0 Å². The molecular formula is C21H27N9O3. The van der Waals surface area contributed by atoms with Crippen LogP contribution in [0.3, 0.4) is 0 Å². The Balaban J connectivity index is 1.57. The van der Waals surface area contributed by atoms with Gasteiger partial charge < -0.3 is 10.5 Å². The number of carbonyl (C=O) groups is 1. The van der Waals surface area contributed by atoms with Crippen molar-refractivity contribution >= 4 is 17.4 Å². The number of anilines is 1. The molecule has 0 saturated carbocycles. The SMILES string of the molecule is COc1ccc(/C(C)=N/NC(=O)c2nnn(-c3nonc3N)c2CN2CCC(C)CC2)cc1. The van der Waals surface area contributed by atoms with Gasteiger partial charge in [-0.15, -0.1) is 5.10 Å². The first-order valence-corrected chi connectivity index (χ1v) is 10.7. The van der Waals surface area contributed by atoms with E-state index in [-0.39, 0.29) is 17.3 Å². The molecular weight excluding hydrogens is 426 g/mol. The zero-order valence-electron chi connectivity index (χ0n) is 18.9. The quantitative estimate of drug-likeness (QED) is 0.402. The van der Waals surface area contributed by atoms with Crippen molar-refractivity contribution in [3.05, 3.63) is 41.2 Å². The highest BCUT2D eigenvalue weighted by Gasteiger charge is 2.27. The van der Waals surface area contributed by atoms with E-state index in [0.29, 0.717) is 23.9 Å². The fourth-order valence-corrected chi connectivity index (χ4v) is 3.64. The number of rotatable bonds is 7. The van der Waals surface area contributed by atoms with E-state index in [1.165, 1.54) is 4.68 Å². The van der Waals surface area contributed by atoms with Crippen LogP contribution < -0.4 is 15.9 Å². The summed E-state index contributed by atoms with van der Waals surface area (Å²) in [6.45, 7) is 6.32. The van der Waals surface area contributed by atoms with Crippen LogP contribution in [0, 0.1) is 5.92 Å². The third-order valence-corrected chi connectivity index (χ3v) is 5.76. The van der Waals surface area contributed by atoms with Gasteiger partial charge in [-0.1, -0.05) is 12.1 Å². The van der Waals surface area contributed by atoms with Crippen molar-refractivity contribution in [1.29, 1.82) is 0 Å². The van der Waals surface area contributed by atoms with Crippen molar-refractivity contribution in [2.45, 2.75) is 33.2 Å². The zero-order valence-corrected chi connectivity index (χ0v) is 18.9. The number of nitrogens with two attached hydrogens (primary N) is 1. The summed E-state index contributed by atoms with van der Waals surface area (Å²) in [6, 6.07) is 7.39. The first-order valence-electron chi connectivity index (χ1n) is 10.7. The largest absolute Gasteiger partial charge is 0.497 e. The molecule has 1 aromatic carbocycles. The van der Waals surface area contributed by atoms with Crippen LogP contribution in [0.25, 0.3) is 5.82 Å². The van der Waals surface area contributed by atoms with Gasteiger partial charge in [-0.2, -0.15) is 9.78 Å². The number of benzene rings is 1. The molecule has 4 rings (SSSR count). The highest BCUT2D eigenvalue weighted by atomic mass is 16.6. The molecule has 3 N–H and O–H groups in total. The molecule has 33 heavy (non-hydrogen) atoms. The normalized spacial score (nSPS) is 15.5. The Morgan fingerprint density at radius 3 is 2.64 bits per heavy atom. The van der Waals surface area contributed by atoms with Crippen LogP contribution in [0.1, 0.15) is 48.4 Å². The zero-order chi connectivity index (χ0) is 23.4. The predicted molar refractivity (Wildman–Crippen MR) is 120 cm³/mol. The van der Waals surface area contributed by atoms with E-state index in [9.17, 15) is 4.79 Å².